The Morgan fingerprint density at radius 2 is 2.10 bits per heavy atom. The number of H-pyrrole nitrogens is 1. The topological polar surface area (TPSA) is 130 Å². The number of halogens is 1. The standard InChI is InChI=1S/C18H21FN8O2/c1-11(9-29-2)22-17-20-10-21-18(25-17)24-15-7-14(26-27-15)8-16(28)23-13-5-3-4-12(19)6-13/h3-7,10-11H,8-9H2,1-2H3,(H,23,28)(H3,20,21,22,24,25,26,27). The maximum absolute atomic E-state index is 13.2. The summed E-state index contributed by atoms with van der Waals surface area (Å²) in [7, 11) is 1.62. The number of anilines is 4. The van der Waals surface area contributed by atoms with Gasteiger partial charge in [0.15, 0.2) is 5.82 Å². The van der Waals surface area contributed by atoms with Crippen LogP contribution < -0.4 is 16.0 Å². The van der Waals surface area contributed by atoms with Crippen LogP contribution in [0.2, 0.25) is 0 Å². The molecule has 3 aromatic rings. The monoisotopic (exact) mass is 400 g/mol. The Kier molecular flexibility index (Phi) is 6.63. The highest BCUT2D eigenvalue weighted by Crippen LogP contribution is 2.14. The predicted octanol–water partition coefficient (Wildman–Crippen LogP) is 2.11. The van der Waals surface area contributed by atoms with E-state index >= 15 is 0 Å². The first-order valence-corrected chi connectivity index (χ1v) is 8.83. The quantitative estimate of drug-likeness (QED) is 0.430. The average molecular weight is 400 g/mol. The Bertz CT molecular complexity index is 964. The Balaban J connectivity index is 1.57. The number of nitrogens with zero attached hydrogens (tertiary/aromatic N) is 4. The van der Waals surface area contributed by atoms with E-state index in [0.717, 1.165) is 0 Å². The molecule has 1 unspecified atom stereocenters. The second-order valence-corrected chi connectivity index (χ2v) is 6.27. The first-order chi connectivity index (χ1) is 14.0. The second-order valence-electron chi connectivity index (χ2n) is 6.27. The number of amides is 1. The summed E-state index contributed by atoms with van der Waals surface area (Å²) in [4.78, 5) is 24.5. The van der Waals surface area contributed by atoms with Crippen molar-refractivity contribution in [1.82, 2.24) is 25.1 Å². The third-order valence-electron chi connectivity index (χ3n) is 3.69. The van der Waals surface area contributed by atoms with Crippen molar-refractivity contribution >= 4 is 29.3 Å². The van der Waals surface area contributed by atoms with E-state index in [-0.39, 0.29) is 18.4 Å². The van der Waals surface area contributed by atoms with Gasteiger partial charge in [-0.2, -0.15) is 10.1 Å². The normalized spacial score (nSPS) is 11.7. The Labute approximate surface area is 166 Å². The first-order valence-electron chi connectivity index (χ1n) is 8.83. The number of nitrogens with one attached hydrogen (secondary N) is 4. The van der Waals surface area contributed by atoms with Gasteiger partial charge in [0.05, 0.1) is 13.0 Å². The van der Waals surface area contributed by atoms with Crippen LogP contribution in [0.5, 0.6) is 0 Å². The molecule has 0 aliphatic heterocycles. The van der Waals surface area contributed by atoms with Gasteiger partial charge in [-0.1, -0.05) is 6.07 Å². The van der Waals surface area contributed by atoms with Gasteiger partial charge in [-0.25, -0.2) is 14.4 Å². The van der Waals surface area contributed by atoms with Gasteiger partial charge in [0.2, 0.25) is 17.8 Å². The van der Waals surface area contributed by atoms with Crippen molar-refractivity contribution in [2.24, 2.45) is 0 Å². The Hall–Kier alpha value is -3.60. The minimum Gasteiger partial charge on any atom is -0.383 e. The molecule has 11 heteroatoms. The van der Waals surface area contributed by atoms with E-state index in [0.29, 0.717) is 35.7 Å². The smallest absolute Gasteiger partial charge is 0.233 e. The van der Waals surface area contributed by atoms with Crippen molar-refractivity contribution < 1.29 is 13.9 Å². The molecule has 1 atom stereocenters. The van der Waals surface area contributed by atoms with Crippen molar-refractivity contribution in [2.75, 3.05) is 29.7 Å². The number of hydrogen-bond donors (Lipinski definition) is 4. The second kappa shape index (κ2) is 9.55. The van der Waals surface area contributed by atoms with E-state index in [4.69, 9.17) is 4.74 Å². The van der Waals surface area contributed by atoms with Gasteiger partial charge in [-0.3, -0.25) is 9.89 Å². The summed E-state index contributed by atoms with van der Waals surface area (Å²) in [5, 5.41) is 15.5. The summed E-state index contributed by atoms with van der Waals surface area (Å²) in [6.07, 6.45) is 1.42. The first kappa shape index (κ1) is 20.1. The van der Waals surface area contributed by atoms with Gasteiger partial charge in [0.25, 0.3) is 0 Å². The molecule has 1 amide bonds. The van der Waals surface area contributed by atoms with E-state index in [9.17, 15) is 9.18 Å². The lowest BCUT2D eigenvalue weighted by molar-refractivity contribution is -0.115. The molecular formula is C18H21FN8O2. The molecule has 2 heterocycles. The fraction of sp³-hybridized carbons (Fsp3) is 0.278. The van der Waals surface area contributed by atoms with Crippen LogP contribution in [0.15, 0.2) is 36.7 Å². The van der Waals surface area contributed by atoms with Crippen molar-refractivity contribution in [3.8, 4) is 0 Å². The van der Waals surface area contributed by atoms with Crippen molar-refractivity contribution in [3.63, 3.8) is 0 Å². The molecule has 4 N–H and O–H groups in total. The molecule has 0 bridgehead atoms. The number of carbonyl (C=O) groups excluding carboxylic acids is 1. The molecule has 0 radical (unpaired) electrons. The minimum absolute atomic E-state index is 0.0313. The maximum Gasteiger partial charge on any atom is 0.233 e. The molecule has 0 aliphatic carbocycles. The van der Waals surface area contributed by atoms with Crippen molar-refractivity contribution in [3.05, 3.63) is 48.2 Å². The van der Waals surface area contributed by atoms with E-state index < -0.39 is 5.82 Å². The predicted molar refractivity (Wildman–Crippen MR) is 105 cm³/mol. The van der Waals surface area contributed by atoms with Crippen LogP contribution in [0.3, 0.4) is 0 Å². The molecule has 29 heavy (non-hydrogen) atoms. The molecule has 1 aromatic carbocycles. The molecule has 0 aliphatic rings. The van der Waals surface area contributed by atoms with Crippen LogP contribution in [0.4, 0.5) is 27.8 Å². The van der Waals surface area contributed by atoms with Crippen molar-refractivity contribution in [2.45, 2.75) is 19.4 Å². The van der Waals surface area contributed by atoms with E-state index in [1.165, 1.54) is 24.5 Å². The molecule has 152 valence electrons. The average Bonchev–Trinajstić information content (AvgIpc) is 3.08. The molecule has 10 nitrogen and oxygen atoms in total. The fourth-order valence-electron chi connectivity index (χ4n) is 2.51. The third-order valence-corrected chi connectivity index (χ3v) is 3.69. The largest absolute Gasteiger partial charge is 0.383 e. The number of ether oxygens (including phenoxy) is 1. The SMILES string of the molecule is COCC(C)Nc1ncnc(Nc2cc(CC(=O)Nc3cccc(F)c3)[nH]n2)n1. The highest BCUT2D eigenvalue weighted by Gasteiger charge is 2.10. The zero-order valence-electron chi connectivity index (χ0n) is 15.9. The maximum atomic E-state index is 13.2. The summed E-state index contributed by atoms with van der Waals surface area (Å²) in [6, 6.07) is 7.39. The molecule has 0 saturated carbocycles. The summed E-state index contributed by atoms with van der Waals surface area (Å²) < 4.78 is 18.3. The van der Waals surface area contributed by atoms with Crippen LogP contribution in [-0.4, -0.2) is 50.8 Å². The number of carbonyl (C=O) groups is 1. The number of methoxy groups -OCH3 is 1. The Morgan fingerprint density at radius 1 is 1.28 bits per heavy atom. The number of benzene rings is 1. The summed E-state index contributed by atoms with van der Waals surface area (Å²) in [6.45, 7) is 2.45. The van der Waals surface area contributed by atoms with E-state index in [1.54, 1.807) is 19.2 Å². The number of aromatic nitrogens is 5. The van der Waals surface area contributed by atoms with Gasteiger partial charge in [0.1, 0.15) is 12.1 Å². The number of aromatic amines is 1. The molecule has 3 rings (SSSR count). The summed E-state index contributed by atoms with van der Waals surface area (Å²) in [5.74, 6) is 0.426. The zero-order valence-corrected chi connectivity index (χ0v) is 15.9. The summed E-state index contributed by atoms with van der Waals surface area (Å²) in [5.41, 5.74) is 0.961. The molecular weight excluding hydrogens is 379 g/mol. The van der Waals surface area contributed by atoms with Gasteiger partial charge < -0.3 is 20.7 Å². The highest BCUT2D eigenvalue weighted by atomic mass is 19.1. The lowest BCUT2D eigenvalue weighted by Gasteiger charge is -2.12. The van der Waals surface area contributed by atoms with Gasteiger partial charge in [0, 0.05) is 30.6 Å². The number of rotatable bonds is 9. The highest BCUT2D eigenvalue weighted by molar-refractivity contribution is 5.92. The van der Waals surface area contributed by atoms with Gasteiger partial charge >= 0.3 is 0 Å². The molecule has 0 spiro atoms. The van der Waals surface area contributed by atoms with Gasteiger partial charge in [-0.15, -0.1) is 0 Å². The zero-order chi connectivity index (χ0) is 20.6. The van der Waals surface area contributed by atoms with Gasteiger partial charge in [-0.05, 0) is 25.1 Å². The minimum atomic E-state index is -0.418. The van der Waals surface area contributed by atoms with Crippen LogP contribution in [0.1, 0.15) is 12.6 Å². The summed E-state index contributed by atoms with van der Waals surface area (Å²) >= 11 is 0. The fourth-order valence-corrected chi connectivity index (χ4v) is 2.51. The third kappa shape index (κ3) is 6.21. The van der Waals surface area contributed by atoms with Crippen LogP contribution >= 0.6 is 0 Å². The molecule has 2 aromatic heterocycles. The Morgan fingerprint density at radius 3 is 2.90 bits per heavy atom. The van der Waals surface area contributed by atoms with Crippen LogP contribution in [-0.2, 0) is 16.0 Å². The van der Waals surface area contributed by atoms with E-state index in [1.807, 2.05) is 6.92 Å². The van der Waals surface area contributed by atoms with Crippen molar-refractivity contribution in [1.29, 1.82) is 0 Å². The number of hydrogen-bond acceptors (Lipinski definition) is 8. The van der Waals surface area contributed by atoms with Crippen LogP contribution in [0.25, 0.3) is 0 Å². The lowest BCUT2D eigenvalue weighted by Crippen LogP contribution is -2.22. The van der Waals surface area contributed by atoms with Crippen LogP contribution in [0, 0.1) is 5.82 Å². The molecule has 0 saturated heterocycles. The molecule has 0 fully saturated rings. The lowest BCUT2D eigenvalue weighted by atomic mass is 10.2. The van der Waals surface area contributed by atoms with E-state index in [2.05, 4.69) is 41.1 Å².